The predicted octanol–water partition coefficient (Wildman–Crippen LogP) is 2.85. The minimum atomic E-state index is -4.64. The minimum Gasteiger partial charge on any atom is -0.355 e. The Hall–Kier alpha value is -3.04. The molecule has 2 N–H and O–H groups in total. The van der Waals surface area contributed by atoms with Crippen LogP contribution in [0.2, 0.25) is 0 Å². The summed E-state index contributed by atoms with van der Waals surface area (Å²) in [6, 6.07) is 3.92. The van der Waals surface area contributed by atoms with Crippen molar-refractivity contribution in [1.29, 1.82) is 0 Å². The first kappa shape index (κ1) is 18.7. The van der Waals surface area contributed by atoms with E-state index in [1.54, 1.807) is 0 Å². The number of nitrogens with one attached hydrogen (secondary N) is 2. The molecule has 3 rings (SSSR count). The Morgan fingerprint density at radius 2 is 1.96 bits per heavy atom. The van der Waals surface area contributed by atoms with Crippen molar-refractivity contribution >= 4 is 17.5 Å². The average Bonchev–Trinajstić information content (AvgIpc) is 3.00. The quantitative estimate of drug-likeness (QED) is 0.631. The zero-order valence-electron chi connectivity index (χ0n) is 13.5. The molecule has 1 aromatic heterocycles. The normalized spacial score (nSPS) is 19.7. The average molecular weight is 385 g/mol. The van der Waals surface area contributed by atoms with Crippen LogP contribution >= 0.6 is 0 Å². The Morgan fingerprint density at radius 1 is 1.22 bits per heavy atom. The summed E-state index contributed by atoms with van der Waals surface area (Å²) in [5, 5.41) is 4.50. The van der Waals surface area contributed by atoms with E-state index < -0.39 is 52.7 Å². The largest absolute Gasteiger partial charge is 0.417 e. The van der Waals surface area contributed by atoms with E-state index in [9.17, 15) is 31.5 Å². The minimum absolute atomic E-state index is 0.0306. The number of pyridine rings is 1. The van der Waals surface area contributed by atoms with E-state index >= 15 is 0 Å². The summed E-state index contributed by atoms with van der Waals surface area (Å²) in [4.78, 5) is 28.0. The van der Waals surface area contributed by atoms with Crippen LogP contribution in [0.15, 0.2) is 36.7 Å². The van der Waals surface area contributed by atoms with Gasteiger partial charge in [-0.3, -0.25) is 14.6 Å². The van der Waals surface area contributed by atoms with Crippen molar-refractivity contribution in [3.8, 4) is 0 Å². The molecule has 1 fully saturated rings. The van der Waals surface area contributed by atoms with Crippen molar-refractivity contribution in [1.82, 2.24) is 10.3 Å². The maximum Gasteiger partial charge on any atom is 0.417 e. The molecule has 0 aliphatic carbocycles. The number of amides is 2. The van der Waals surface area contributed by atoms with E-state index in [-0.39, 0.29) is 12.1 Å². The van der Waals surface area contributed by atoms with Crippen LogP contribution in [0, 0.1) is 17.6 Å². The third kappa shape index (κ3) is 3.74. The van der Waals surface area contributed by atoms with Gasteiger partial charge in [-0.15, -0.1) is 0 Å². The highest BCUT2D eigenvalue weighted by Gasteiger charge is 2.42. The summed E-state index contributed by atoms with van der Waals surface area (Å²) < 4.78 is 65.6. The van der Waals surface area contributed by atoms with E-state index in [2.05, 4.69) is 15.6 Å². The Morgan fingerprint density at radius 3 is 2.67 bits per heavy atom. The lowest BCUT2D eigenvalue weighted by atomic mass is 9.88. The van der Waals surface area contributed by atoms with Crippen LogP contribution in [0.25, 0.3) is 0 Å². The number of alkyl halides is 3. The third-order valence-corrected chi connectivity index (χ3v) is 4.19. The zero-order valence-corrected chi connectivity index (χ0v) is 13.5. The number of benzene rings is 1. The van der Waals surface area contributed by atoms with Gasteiger partial charge < -0.3 is 10.6 Å². The first-order valence-corrected chi connectivity index (χ1v) is 7.73. The molecule has 5 nitrogen and oxygen atoms in total. The lowest BCUT2D eigenvalue weighted by Gasteiger charge is -2.18. The van der Waals surface area contributed by atoms with E-state index in [1.165, 1.54) is 0 Å². The van der Waals surface area contributed by atoms with Gasteiger partial charge in [-0.1, -0.05) is 6.07 Å². The molecule has 27 heavy (non-hydrogen) atoms. The molecule has 1 aliphatic rings. The second-order valence-electron chi connectivity index (χ2n) is 5.92. The maximum absolute atomic E-state index is 13.7. The topological polar surface area (TPSA) is 71.1 Å². The second kappa shape index (κ2) is 6.93. The molecule has 1 saturated heterocycles. The summed E-state index contributed by atoms with van der Waals surface area (Å²) in [6.45, 7) is -0.0917. The molecule has 1 aromatic carbocycles. The summed E-state index contributed by atoms with van der Waals surface area (Å²) >= 11 is 0. The number of rotatable bonds is 3. The Balaban J connectivity index is 1.88. The molecular weight excluding hydrogens is 373 g/mol. The Labute approximate surface area is 149 Å². The SMILES string of the molecule is O=C1NC[C@H](c2cncc(C(F)(F)F)c2)[C@H]1C(=O)Nc1cccc(F)c1F. The number of hydrogen-bond acceptors (Lipinski definition) is 3. The van der Waals surface area contributed by atoms with Crippen molar-refractivity contribution in [2.24, 2.45) is 5.92 Å². The van der Waals surface area contributed by atoms with Gasteiger partial charge in [-0.05, 0) is 23.8 Å². The number of hydrogen-bond donors (Lipinski definition) is 2. The molecule has 1 aliphatic heterocycles. The highest BCUT2D eigenvalue weighted by molar-refractivity contribution is 6.08. The fraction of sp³-hybridized carbons (Fsp3) is 0.235. The molecule has 0 spiro atoms. The third-order valence-electron chi connectivity index (χ3n) is 4.19. The smallest absolute Gasteiger partial charge is 0.355 e. The highest BCUT2D eigenvalue weighted by Crippen LogP contribution is 2.34. The zero-order chi connectivity index (χ0) is 19.8. The van der Waals surface area contributed by atoms with Crippen molar-refractivity contribution in [3.05, 3.63) is 59.4 Å². The summed E-state index contributed by atoms with van der Waals surface area (Å²) in [7, 11) is 0. The van der Waals surface area contributed by atoms with Crippen LogP contribution in [0.5, 0.6) is 0 Å². The molecule has 2 atom stereocenters. The molecule has 0 radical (unpaired) electrons. The van der Waals surface area contributed by atoms with Gasteiger partial charge in [0.15, 0.2) is 11.6 Å². The second-order valence-corrected chi connectivity index (χ2v) is 5.92. The van der Waals surface area contributed by atoms with Crippen molar-refractivity contribution < 1.29 is 31.5 Å². The molecule has 0 bridgehead atoms. The van der Waals surface area contributed by atoms with Crippen LogP contribution in [0.1, 0.15) is 17.0 Å². The van der Waals surface area contributed by atoms with Gasteiger partial charge in [-0.2, -0.15) is 13.2 Å². The van der Waals surface area contributed by atoms with Gasteiger partial charge in [-0.25, -0.2) is 8.78 Å². The molecule has 2 aromatic rings. The van der Waals surface area contributed by atoms with Crippen molar-refractivity contribution in [2.75, 3.05) is 11.9 Å². The number of carbonyl (C=O) groups is 2. The number of anilines is 1. The first-order chi connectivity index (χ1) is 12.7. The van der Waals surface area contributed by atoms with Crippen LogP contribution in [0.4, 0.5) is 27.6 Å². The van der Waals surface area contributed by atoms with Gasteiger partial charge in [0.1, 0.15) is 5.92 Å². The Bertz CT molecular complexity index is 900. The molecule has 0 unspecified atom stereocenters. The van der Waals surface area contributed by atoms with E-state index in [0.717, 1.165) is 30.5 Å². The fourth-order valence-corrected chi connectivity index (χ4v) is 2.86. The van der Waals surface area contributed by atoms with Crippen LogP contribution in [-0.2, 0) is 15.8 Å². The molecule has 2 heterocycles. The summed E-state index contributed by atoms with van der Waals surface area (Å²) in [5.41, 5.74) is -1.46. The van der Waals surface area contributed by atoms with Crippen LogP contribution < -0.4 is 10.6 Å². The molecular formula is C17H12F5N3O2. The number of nitrogens with zero attached hydrogens (tertiary/aromatic N) is 1. The molecule has 142 valence electrons. The molecule has 2 amide bonds. The molecule has 10 heteroatoms. The standard InChI is InChI=1S/C17H12F5N3O2/c18-11-2-1-3-12(14(11)19)25-16(27)13-10(7-24-15(13)26)8-4-9(6-23-5-8)17(20,21)22/h1-6,10,13H,7H2,(H,24,26)(H,25,27)/t10-,13-/m1/s1. The first-order valence-electron chi connectivity index (χ1n) is 7.73. The van der Waals surface area contributed by atoms with Gasteiger partial charge >= 0.3 is 6.18 Å². The highest BCUT2D eigenvalue weighted by atomic mass is 19.4. The van der Waals surface area contributed by atoms with E-state index in [0.29, 0.717) is 6.20 Å². The maximum atomic E-state index is 13.7. The number of aromatic nitrogens is 1. The fourth-order valence-electron chi connectivity index (χ4n) is 2.86. The molecule has 0 saturated carbocycles. The number of halogens is 5. The van der Waals surface area contributed by atoms with Crippen molar-refractivity contribution in [3.63, 3.8) is 0 Å². The lowest BCUT2D eigenvalue weighted by Crippen LogP contribution is -2.32. The van der Waals surface area contributed by atoms with Gasteiger partial charge in [0.2, 0.25) is 11.8 Å². The van der Waals surface area contributed by atoms with Gasteiger partial charge in [0.05, 0.1) is 11.3 Å². The van der Waals surface area contributed by atoms with Gasteiger partial charge in [0, 0.05) is 24.9 Å². The van der Waals surface area contributed by atoms with Crippen LogP contribution in [-0.4, -0.2) is 23.3 Å². The van der Waals surface area contributed by atoms with E-state index in [1.807, 2.05) is 0 Å². The summed E-state index contributed by atoms with van der Waals surface area (Å²) in [6.07, 6.45) is -2.88. The number of carbonyl (C=O) groups excluding carboxylic acids is 2. The van der Waals surface area contributed by atoms with Crippen molar-refractivity contribution in [2.45, 2.75) is 12.1 Å². The lowest BCUT2D eigenvalue weighted by molar-refractivity contribution is -0.137. The van der Waals surface area contributed by atoms with E-state index in [4.69, 9.17) is 0 Å². The Kier molecular flexibility index (Phi) is 4.81. The van der Waals surface area contributed by atoms with Crippen LogP contribution in [0.3, 0.4) is 0 Å². The summed E-state index contributed by atoms with van der Waals surface area (Å²) in [5.74, 6) is -6.55. The monoisotopic (exact) mass is 385 g/mol. The van der Waals surface area contributed by atoms with Gasteiger partial charge in [0.25, 0.3) is 0 Å². The predicted molar refractivity (Wildman–Crippen MR) is 83.5 cm³/mol.